The molecule has 2 atom stereocenters. The van der Waals surface area contributed by atoms with Crippen molar-refractivity contribution in [1.29, 1.82) is 0 Å². The molecule has 1 saturated carbocycles. The van der Waals surface area contributed by atoms with Gasteiger partial charge in [0.1, 0.15) is 5.82 Å². The lowest BCUT2D eigenvalue weighted by Crippen LogP contribution is -2.59. The van der Waals surface area contributed by atoms with Gasteiger partial charge in [-0.1, -0.05) is 12.1 Å². The number of amides is 1. The molecule has 2 aliphatic rings. The van der Waals surface area contributed by atoms with E-state index in [0.717, 1.165) is 37.5 Å². The van der Waals surface area contributed by atoms with E-state index >= 15 is 0 Å². The summed E-state index contributed by atoms with van der Waals surface area (Å²) in [5, 5.41) is 0. The number of piperidine rings is 1. The van der Waals surface area contributed by atoms with Gasteiger partial charge in [-0.25, -0.2) is 22.3 Å². The third kappa shape index (κ3) is 7.15. The van der Waals surface area contributed by atoms with E-state index < -0.39 is 28.2 Å². The molecule has 180 valence electrons. The standard InChI is InChI=1S/C23H35FN2O5S/c1-16(2)31-23(27)26-13-5-8-21(25-32(3,28)29)22(26)15-30-20-11-9-17(10-12-20)18-6-4-7-19(24)14-18/h4,6-7,14,16-17,20-22,25H,5,8-13,15H2,1-3H3/t17?,20?,21-,22-/m0/s1. The zero-order valence-corrected chi connectivity index (χ0v) is 19.9. The summed E-state index contributed by atoms with van der Waals surface area (Å²) in [5.41, 5.74) is 1.02. The molecule has 1 heterocycles. The van der Waals surface area contributed by atoms with Crippen LogP contribution in [0.5, 0.6) is 0 Å². The second kappa shape index (κ2) is 10.9. The Balaban J connectivity index is 1.61. The van der Waals surface area contributed by atoms with Crippen LogP contribution in [0.15, 0.2) is 24.3 Å². The second-order valence-corrected chi connectivity index (χ2v) is 11.0. The van der Waals surface area contributed by atoms with Crippen LogP contribution in [-0.2, 0) is 19.5 Å². The molecule has 0 unspecified atom stereocenters. The minimum absolute atomic E-state index is 0.0311. The molecule has 1 aliphatic heterocycles. The van der Waals surface area contributed by atoms with Gasteiger partial charge < -0.3 is 14.4 Å². The van der Waals surface area contributed by atoms with Gasteiger partial charge in [-0.2, -0.15) is 0 Å². The molecule has 2 fully saturated rings. The number of carbonyl (C=O) groups excluding carboxylic acids is 1. The van der Waals surface area contributed by atoms with Crippen LogP contribution < -0.4 is 4.72 Å². The summed E-state index contributed by atoms with van der Waals surface area (Å²) >= 11 is 0. The molecular formula is C23H35FN2O5S. The molecule has 1 amide bonds. The molecule has 3 rings (SSSR count). The Bertz CT molecular complexity index is 871. The van der Waals surface area contributed by atoms with Crippen LogP contribution in [0.3, 0.4) is 0 Å². The maximum atomic E-state index is 13.5. The molecule has 1 saturated heterocycles. The predicted octanol–water partition coefficient (Wildman–Crippen LogP) is 3.80. The summed E-state index contributed by atoms with van der Waals surface area (Å²) in [7, 11) is -3.43. The van der Waals surface area contributed by atoms with Gasteiger partial charge in [0.2, 0.25) is 10.0 Å². The van der Waals surface area contributed by atoms with Crippen molar-refractivity contribution in [3.63, 3.8) is 0 Å². The number of hydrogen-bond acceptors (Lipinski definition) is 5. The predicted molar refractivity (Wildman–Crippen MR) is 120 cm³/mol. The lowest BCUT2D eigenvalue weighted by molar-refractivity contribution is -0.0296. The summed E-state index contributed by atoms with van der Waals surface area (Å²) in [6.45, 7) is 4.33. The van der Waals surface area contributed by atoms with Gasteiger partial charge in [0.05, 0.1) is 31.1 Å². The Kier molecular flexibility index (Phi) is 8.52. The van der Waals surface area contributed by atoms with Gasteiger partial charge in [0.25, 0.3) is 0 Å². The summed E-state index contributed by atoms with van der Waals surface area (Å²) in [6.07, 6.45) is 5.28. The van der Waals surface area contributed by atoms with Gasteiger partial charge in [0, 0.05) is 12.6 Å². The van der Waals surface area contributed by atoms with E-state index in [0.29, 0.717) is 25.3 Å². The summed E-state index contributed by atoms with van der Waals surface area (Å²) < 4.78 is 51.6. The first kappa shape index (κ1) is 24.9. The van der Waals surface area contributed by atoms with Crippen LogP contribution >= 0.6 is 0 Å². The molecule has 1 N–H and O–H groups in total. The Morgan fingerprint density at radius 1 is 1.22 bits per heavy atom. The van der Waals surface area contributed by atoms with Crippen molar-refractivity contribution in [1.82, 2.24) is 9.62 Å². The molecule has 7 nitrogen and oxygen atoms in total. The van der Waals surface area contributed by atoms with Crippen LogP contribution in [-0.4, -0.2) is 63.1 Å². The van der Waals surface area contributed by atoms with Crippen LogP contribution in [0.25, 0.3) is 0 Å². The molecule has 1 aromatic carbocycles. The average molecular weight is 471 g/mol. The number of benzene rings is 1. The monoisotopic (exact) mass is 470 g/mol. The third-order valence-electron chi connectivity index (χ3n) is 6.21. The molecule has 0 bridgehead atoms. The van der Waals surface area contributed by atoms with Gasteiger partial charge in [-0.05, 0) is 76.0 Å². The van der Waals surface area contributed by atoms with Gasteiger partial charge in [-0.15, -0.1) is 0 Å². The lowest BCUT2D eigenvalue weighted by Gasteiger charge is -2.41. The van der Waals surface area contributed by atoms with Crippen molar-refractivity contribution in [2.75, 3.05) is 19.4 Å². The SMILES string of the molecule is CC(C)OC(=O)N1CCC[C@H](NS(C)(=O)=O)[C@@H]1COC1CCC(c2cccc(F)c2)CC1. The molecular weight excluding hydrogens is 435 g/mol. The number of sulfonamides is 1. The van der Waals surface area contributed by atoms with Gasteiger partial charge in [0.15, 0.2) is 0 Å². The molecule has 0 aromatic heterocycles. The van der Waals surface area contributed by atoms with E-state index in [4.69, 9.17) is 9.47 Å². The number of rotatable bonds is 7. The normalized spacial score (nSPS) is 26.8. The number of ether oxygens (including phenoxy) is 2. The zero-order valence-electron chi connectivity index (χ0n) is 19.1. The molecule has 1 aromatic rings. The van der Waals surface area contributed by atoms with Crippen molar-refractivity contribution >= 4 is 16.1 Å². The fourth-order valence-electron chi connectivity index (χ4n) is 4.73. The minimum Gasteiger partial charge on any atom is -0.447 e. The molecule has 0 radical (unpaired) electrons. The fraction of sp³-hybridized carbons (Fsp3) is 0.696. The van der Waals surface area contributed by atoms with Crippen molar-refractivity contribution in [3.8, 4) is 0 Å². The van der Waals surface area contributed by atoms with Gasteiger partial charge >= 0.3 is 6.09 Å². The molecule has 9 heteroatoms. The fourth-order valence-corrected chi connectivity index (χ4v) is 5.55. The van der Waals surface area contributed by atoms with Crippen LogP contribution in [0, 0.1) is 5.82 Å². The highest BCUT2D eigenvalue weighted by molar-refractivity contribution is 7.88. The minimum atomic E-state index is -3.43. The van der Waals surface area contributed by atoms with E-state index in [-0.39, 0.29) is 24.6 Å². The van der Waals surface area contributed by atoms with Crippen LogP contribution in [0.2, 0.25) is 0 Å². The van der Waals surface area contributed by atoms with Crippen molar-refractivity contribution < 1.29 is 27.1 Å². The third-order valence-corrected chi connectivity index (χ3v) is 6.94. The topological polar surface area (TPSA) is 84.9 Å². The average Bonchev–Trinajstić information content (AvgIpc) is 2.71. The first-order chi connectivity index (χ1) is 15.1. The Hall–Kier alpha value is -1.71. The van der Waals surface area contributed by atoms with Gasteiger partial charge in [-0.3, -0.25) is 0 Å². The number of nitrogens with one attached hydrogen (secondary N) is 1. The molecule has 0 spiro atoms. The van der Waals surface area contributed by atoms with E-state index in [1.54, 1.807) is 30.9 Å². The van der Waals surface area contributed by atoms with Crippen molar-refractivity contribution in [2.45, 2.75) is 82.6 Å². The largest absolute Gasteiger partial charge is 0.447 e. The van der Waals surface area contributed by atoms with Crippen molar-refractivity contribution in [2.24, 2.45) is 0 Å². The number of hydrogen-bond donors (Lipinski definition) is 1. The van der Waals surface area contributed by atoms with E-state index in [2.05, 4.69) is 4.72 Å². The zero-order chi connectivity index (χ0) is 23.3. The molecule has 1 aliphatic carbocycles. The Labute approximate surface area is 190 Å². The van der Waals surface area contributed by atoms with Crippen LogP contribution in [0.1, 0.15) is 63.9 Å². The number of likely N-dealkylation sites (tertiary alicyclic amines) is 1. The summed E-state index contributed by atoms with van der Waals surface area (Å²) in [4.78, 5) is 14.3. The second-order valence-electron chi connectivity index (χ2n) is 9.19. The molecule has 32 heavy (non-hydrogen) atoms. The number of carbonyl (C=O) groups is 1. The first-order valence-electron chi connectivity index (χ1n) is 11.4. The first-order valence-corrected chi connectivity index (χ1v) is 13.3. The number of halogens is 1. The van der Waals surface area contributed by atoms with Crippen molar-refractivity contribution in [3.05, 3.63) is 35.6 Å². The summed E-state index contributed by atoms with van der Waals surface area (Å²) in [6, 6.07) is 5.94. The highest BCUT2D eigenvalue weighted by Crippen LogP contribution is 2.34. The van der Waals surface area contributed by atoms with Crippen LogP contribution in [0.4, 0.5) is 9.18 Å². The summed E-state index contributed by atoms with van der Waals surface area (Å²) in [5.74, 6) is 0.105. The smallest absolute Gasteiger partial charge is 0.410 e. The Morgan fingerprint density at radius 3 is 2.56 bits per heavy atom. The quantitative estimate of drug-likeness (QED) is 0.655. The Morgan fingerprint density at radius 2 is 1.94 bits per heavy atom. The number of nitrogens with zero attached hydrogens (tertiary/aromatic N) is 1. The maximum Gasteiger partial charge on any atom is 0.410 e. The van der Waals surface area contributed by atoms with E-state index in [1.165, 1.54) is 6.07 Å². The lowest BCUT2D eigenvalue weighted by atomic mass is 9.82. The van der Waals surface area contributed by atoms with E-state index in [9.17, 15) is 17.6 Å². The van der Waals surface area contributed by atoms with E-state index in [1.807, 2.05) is 6.07 Å². The highest BCUT2D eigenvalue weighted by atomic mass is 32.2. The highest BCUT2D eigenvalue weighted by Gasteiger charge is 2.38. The maximum absolute atomic E-state index is 13.5.